The monoisotopic (exact) mass is 642 g/mol. The summed E-state index contributed by atoms with van der Waals surface area (Å²) >= 11 is 0. The highest BCUT2D eigenvalue weighted by Gasteiger charge is 2.52. The maximum absolute atomic E-state index is 2.58. The molecule has 1 spiro atoms. The topological polar surface area (TPSA) is 0 Å². The molecule has 0 nitrogen and oxygen atoms in total. The number of hydrogen-bond acceptors (Lipinski definition) is 0. The molecule has 0 aromatic heterocycles. The first-order valence-corrected chi connectivity index (χ1v) is 17.9. The van der Waals surface area contributed by atoms with E-state index in [1.54, 1.807) is 0 Å². The maximum atomic E-state index is 2.58. The van der Waals surface area contributed by atoms with Gasteiger partial charge in [-0.25, -0.2) is 0 Å². The van der Waals surface area contributed by atoms with Crippen molar-refractivity contribution in [2.45, 2.75) is 5.41 Å². The van der Waals surface area contributed by atoms with Gasteiger partial charge in [-0.05, 0) is 134 Å². The summed E-state index contributed by atoms with van der Waals surface area (Å²) in [4.78, 5) is 0. The molecule has 0 fully saturated rings. The predicted molar refractivity (Wildman–Crippen MR) is 216 cm³/mol. The van der Waals surface area contributed by atoms with Gasteiger partial charge in [0.2, 0.25) is 0 Å². The summed E-state index contributed by atoms with van der Waals surface area (Å²) < 4.78 is 0. The van der Waals surface area contributed by atoms with Crippen molar-refractivity contribution in [2.75, 3.05) is 0 Å². The van der Waals surface area contributed by atoms with Gasteiger partial charge in [-0.1, -0.05) is 158 Å². The van der Waals surface area contributed by atoms with Gasteiger partial charge in [-0.2, -0.15) is 0 Å². The minimum Gasteiger partial charge on any atom is -0.0619 e. The van der Waals surface area contributed by atoms with Gasteiger partial charge >= 0.3 is 0 Å². The van der Waals surface area contributed by atoms with Gasteiger partial charge in [-0.15, -0.1) is 0 Å². The lowest BCUT2D eigenvalue weighted by atomic mass is 9.69. The van der Waals surface area contributed by atoms with E-state index in [0.717, 1.165) is 0 Å². The molecule has 2 aliphatic rings. The minimum absolute atomic E-state index is 0.441. The lowest BCUT2D eigenvalue weighted by molar-refractivity contribution is 0.796. The molecule has 234 valence electrons. The molecule has 10 aromatic carbocycles. The van der Waals surface area contributed by atoms with E-state index in [-0.39, 0.29) is 0 Å². The van der Waals surface area contributed by atoms with Crippen molar-refractivity contribution in [3.05, 3.63) is 204 Å². The first kappa shape index (κ1) is 27.3. The van der Waals surface area contributed by atoms with E-state index in [1.165, 1.54) is 109 Å². The highest BCUT2D eigenvalue weighted by Crippen LogP contribution is 2.65. The molecule has 0 radical (unpaired) electrons. The average molecular weight is 643 g/mol. The number of rotatable bonds is 1. The third-order valence-corrected chi connectivity index (χ3v) is 12.0. The van der Waals surface area contributed by atoms with Crippen LogP contribution in [0.25, 0.3) is 87.2 Å². The van der Waals surface area contributed by atoms with Crippen molar-refractivity contribution in [1.29, 1.82) is 0 Å². The van der Waals surface area contributed by atoms with E-state index in [2.05, 4.69) is 182 Å². The van der Waals surface area contributed by atoms with E-state index in [9.17, 15) is 0 Å². The quantitative estimate of drug-likeness (QED) is 0.156. The van der Waals surface area contributed by atoms with Crippen LogP contribution >= 0.6 is 0 Å². The van der Waals surface area contributed by atoms with Crippen LogP contribution < -0.4 is 0 Å². The Bertz CT molecular complexity index is 3100. The summed E-state index contributed by atoms with van der Waals surface area (Å²) in [6.45, 7) is 0. The van der Waals surface area contributed by atoms with Gasteiger partial charge in [0.1, 0.15) is 0 Å². The average Bonchev–Trinajstić information content (AvgIpc) is 3.66. The van der Waals surface area contributed by atoms with Crippen molar-refractivity contribution in [1.82, 2.24) is 0 Å². The first-order valence-electron chi connectivity index (χ1n) is 17.9. The number of hydrogen-bond donors (Lipinski definition) is 0. The van der Waals surface area contributed by atoms with Crippen molar-refractivity contribution >= 4 is 53.9 Å². The Morgan fingerprint density at radius 3 is 1.47 bits per heavy atom. The smallest absolute Gasteiger partial charge is 0.0619 e. The zero-order chi connectivity index (χ0) is 33.3. The minimum atomic E-state index is -0.441. The molecule has 0 amide bonds. The Morgan fingerprint density at radius 2 is 0.745 bits per heavy atom. The Labute approximate surface area is 295 Å². The summed E-state index contributed by atoms with van der Waals surface area (Å²) in [5, 5.41) is 12.9. The second kappa shape index (κ2) is 9.81. The molecule has 12 rings (SSSR count). The zero-order valence-corrected chi connectivity index (χ0v) is 27.8. The van der Waals surface area contributed by atoms with Crippen LogP contribution in [0.1, 0.15) is 22.3 Å². The molecule has 0 aliphatic heterocycles. The van der Waals surface area contributed by atoms with E-state index in [0.29, 0.717) is 0 Å². The fourth-order valence-electron chi connectivity index (χ4n) is 10.0. The van der Waals surface area contributed by atoms with Crippen LogP contribution in [0.2, 0.25) is 0 Å². The zero-order valence-electron chi connectivity index (χ0n) is 27.8. The molecule has 0 saturated heterocycles. The van der Waals surface area contributed by atoms with Gasteiger partial charge in [0.15, 0.2) is 0 Å². The van der Waals surface area contributed by atoms with Crippen LogP contribution in [0.15, 0.2) is 182 Å². The Hall–Kier alpha value is -6.50. The van der Waals surface area contributed by atoms with Crippen LogP contribution in [0, 0.1) is 0 Å². The highest BCUT2D eigenvalue weighted by molar-refractivity contribution is 6.25. The maximum Gasteiger partial charge on any atom is 0.0726 e. The second-order valence-corrected chi connectivity index (χ2v) is 14.3. The first-order chi connectivity index (χ1) is 25.3. The third kappa shape index (κ3) is 3.40. The second-order valence-electron chi connectivity index (χ2n) is 14.3. The van der Waals surface area contributed by atoms with Crippen LogP contribution in [-0.4, -0.2) is 0 Å². The van der Waals surface area contributed by atoms with E-state index >= 15 is 0 Å². The summed E-state index contributed by atoms with van der Waals surface area (Å²) in [6.07, 6.45) is 0. The largest absolute Gasteiger partial charge is 0.0726 e. The molecular weight excluding hydrogens is 613 g/mol. The SMILES string of the molecule is c1ccc2c(c1)-c1ccccc1C21c2cc3ccccc3cc2-c2c1cc(-c1cc3ccc4ccccc4c3c3ccccc13)c1ccccc21. The van der Waals surface area contributed by atoms with Crippen LogP contribution in [0.4, 0.5) is 0 Å². The van der Waals surface area contributed by atoms with Crippen LogP contribution in [0.5, 0.6) is 0 Å². The Morgan fingerprint density at radius 1 is 0.255 bits per heavy atom. The summed E-state index contributed by atoms with van der Waals surface area (Å²) in [5.74, 6) is 0. The number of fused-ring (bicyclic) bond motifs is 18. The van der Waals surface area contributed by atoms with Gasteiger partial charge < -0.3 is 0 Å². The predicted octanol–water partition coefficient (Wildman–Crippen LogP) is 13.5. The normalized spacial score (nSPS) is 13.6. The standard InChI is InChI=1S/C51H30/c1-2-15-33-29-47-44(27-32(33)14-1)50-41-22-8-6-18-37(41)43(30-48(50)51(47)45-23-11-9-19-38(45)39-20-10-12-24-46(39)51)42-28-34-26-25-31-13-3-4-16-35(31)49(34)40-21-7-5-17-36(40)42/h1-30H. The summed E-state index contributed by atoms with van der Waals surface area (Å²) in [5.41, 5.74) is 13.0. The molecule has 2 aliphatic carbocycles. The molecular formula is C51H30. The molecule has 10 aromatic rings. The molecule has 0 heteroatoms. The third-order valence-electron chi connectivity index (χ3n) is 12.0. The Balaban J connectivity index is 1.28. The van der Waals surface area contributed by atoms with Crippen molar-refractivity contribution in [2.24, 2.45) is 0 Å². The van der Waals surface area contributed by atoms with E-state index in [4.69, 9.17) is 0 Å². The van der Waals surface area contributed by atoms with Crippen molar-refractivity contribution in [3.8, 4) is 33.4 Å². The van der Waals surface area contributed by atoms with Crippen LogP contribution in [-0.2, 0) is 5.41 Å². The van der Waals surface area contributed by atoms with Crippen molar-refractivity contribution < 1.29 is 0 Å². The lowest BCUT2D eigenvalue weighted by Crippen LogP contribution is -2.26. The molecule has 0 heterocycles. The molecule has 51 heavy (non-hydrogen) atoms. The lowest BCUT2D eigenvalue weighted by Gasteiger charge is -2.31. The fourth-order valence-corrected chi connectivity index (χ4v) is 10.0. The van der Waals surface area contributed by atoms with Gasteiger partial charge in [0.25, 0.3) is 0 Å². The highest BCUT2D eigenvalue weighted by atomic mass is 14.5. The molecule has 0 saturated carbocycles. The van der Waals surface area contributed by atoms with Gasteiger partial charge in [0.05, 0.1) is 5.41 Å². The van der Waals surface area contributed by atoms with E-state index in [1.807, 2.05) is 0 Å². The molecule has 0 N–H and O–H groups in total. The van der Waals surface area contributed by atoms with Gasteiger partial charge in [-0.3, -0.25) is 0 Å². The van der Waals surface area contributed by atoms with Gasteiger partial charge in [0, 0.05) is 0 Å². The summed E-state index contributed by atoms with van der Waals surface area (Å²) in [6, 6.07) is 68.7. The van der Waals surface area contributed by atoms with Crippen LogP contribution in [0.3, 0.4) is 0 Å². The molecule has 0 unspecified atom stereocenters. The fraction of sp³-hybridized carbons (Fsp3) is 0.0196. The summed E-state index contributed by atoms with van der Waals surface area (Å²) in [7, 11) is 0. The Kier molecular flexibility index (Phi) is 5.26. The molecule has 0 atom stereocenters. The van der Waals surface area contributed by atoms with Crippen molar-refractivity contribution in [3.63, 3.8) is 0 Å². The molecule has 0 bridgehead atoms. The number of benzene rings is 10. The van der Waals surface area contributed by atoms with E-state index < -0.39 is 5.41 Å².